The molecule has 1 atom stereocenters. The Morgan fingerprint density at radius 2 is 2.14 bits per heavy atom. The number of ether oxygens (including phenoxy) is 2. The SMILES string of the molecule is NC1CCCN(c2cncc(OCCOC(F)(F)F)c2)C1. The number of pyridine rings is 1. The van der Waals surface area contributed by atoms with Crippen LogP contribution < -0.4 is 15.4 Å². The zero-order valence-corrected chi connectivity index (χ0v) is 11.5. The molecule has 0 spiro atoms. The first kappa shape index (κ1) is 15.8. The van der Waals surface area contributed by atoms with E-state index in [1.165, 1.54) is 6.20 Å². The first-order valence-corrected chi connectivity index (χ1v) is 6.73. The maximum Gasteiger partial charge on any atom is 0.522 e. The molecule has 1 aromatic heterocycles. The molecule has 0 aromatic carbocycles. The van der Waals surface area contributed by atoms with Gasteiger partial charge in [0.05, 0.1) is 24.7 Å². The van der Waals surface area contributed by atoms with E-state index in [1.807, 2.05) is 0 Å². The lowest BCUT2D eigenvalue weighted by Crippen LogP contribution is -2.42. The Labute approximate surface area is 120 Å². The van der Waals surface area contributed by atoms with Crippen molar-refractivity contribution in [3.05, 3.63) is 18.5 Å². The molecule has 0 aliphatic carbocycles. The summed E-state index contributed by atoms with van der Waals surface area (Å²) >= 11 is 0. The highest BCUT2D eigenvalue weighted by Crippen LogP contribution is 2.23. The van der Waals surface area contributed by atoms with E-state index in [0.717, 1.165) is 31.6 Å². The Hall–Kier alpha value is -1.54. The van der Waals surface area contributed by atoms with Gasteiger partial charge in [0.1, 0.15) is 12.4 Å². The molecule has 2 heterocycles. The van der Waals surface area contributed by atoms with E-state index < -0.39 is 13.0 Å². The Morgan fingerprint density at radius 1 is 1.33 bits per heavy atom. The predicted octanol–water partition coefficient (Wildman–Crippen LogP) is 1.92. The van der Waals surface area contributed by atoms with Crippen molar-refractivity contribution in [1.82, 2.24) is 4.98 Å². The second kappa shape index (κ2) is 6.95. The van der Waals surface area contributed by atoms with Gasteiger partial charge in [-0.2, -0.15) is 0 Å². The molecule has 1 unspecified atom stereocenters. The van der Waals surface area contributed by atoms with Gasteiger partial charge >= 0.3 is 6.36 Å². The fourth-order valence-electron chi connectivity index (χ4n) is 2.22. The largest absolute Gasteiger partial charge is 0.522 e. The zero-order valence-electron chi connectivity index (χ0n) is 11.5. The van der Waals surface area contributed by atoms with Crippen LogP contribution in [0.4, 0.5) is 18.9 Å². The summed E-state index contributed by atoms with van der Waals surface area (Å²) in [6.45, 7) is 0.880. The molecule has 1 aliphatic rings. The Morgan fingerprint density at radius 3 is 2.86 bits per heavy atom. The highest BCUT2D eigenvalue weighted by atomic mass is 19.4. The van der Waals surface area contributed by atoms with Crippen LogP contribution in [0, 0.1) is 0 Å². The van der Waals surface area contributed by atoms with E-state index in [4.69, 9.17) is 10.5 Å². The average molecular weight is 305 g/mol. The van der Waals surface area contributed by atoms with Crippen LogP contribution in [0.25, 0.3) is 0 Å². The molecule has 118 valence electrons. The minimum absolute atomic E-state index is 0.128. The predicted molar refractivity (Wildman–Crippen MR) is 71.2 cm³/mol. The van der Waals surface area contributed by atoms with Gasteiger partial charge in [0.25, 0.3) is 0 Å². The first-order chi connectivity index (χ1) is 9.94. The molecule has 2 N–H and O–H groups in total. The van der Waals surface area contributed by atoms with Crippen LogP contribution in [0.15, 0.2) is 18.5 Å². The Balaban J connectivity index is 1.86. The highest BCUT2D eigenvalue weighted by Gasteiger charge is 2.28. The lowest BCUT2D eigenvalue weighted by Gasteiger charge is -2.32. The second-order valence-electron chi connectivity index (χ2n) is 4.87. The van der Waals surface area contributed by atoms with Crippen molar-refractivity contribution in [2.45, 2.75) is 25.2 Å². The van der Waals surface area contributed by atoms with Gasteiger partial charge in [0, 0.05) is 25.2 Å². The molecule has 1 aromatic rings. The van der Waals surface area contributed by atoms with E-state index in [-0.39, 0.29) is 12.6 Å². The van der Waals surface area contributed by atoms with E-state index in [1.54, 1.807) is 12.3 Å². The summed E-state index contributed by atoms with van der Waals surface area (Å²) < 4.78 is 44.3. The van der Waals surface area contributed by atoms with Gasteiger partial charge in [-0.25, -0.2) is 0 Å². The Bertz CT molecular complexity index is 457. The van der Waals surface area contributed by atoms with E-state index >= 15 is 0 Å². The molecular weight excluding hydrogens is 287 g/mol. The number of nitrogens with zero attached hydrogens (tertiary/aromatic N) is 2. The number of hydrogen-bond acceptors (Lipinski definition) is 5. The maximum atomic E-state index is 11.8. The third-order valence-electron chi connectivity index (χ3n) is 3.14. The molecule has 0 amide bonds. The monoisotopic (exact) mass is 305 g/mol. The molecular formula is C13H18F3N3O2. The summed E-state index contributed by atoms with van der Waals surface area (Å²) in [6, 6.07) is 1.88. The van der Waals surface area contributed by atoms with Crippen molar-refractivity contribution in [1.29, 1.82) is 0 Å². The minimum atomic E-state index is -4.63. The molecule has 8 heteroatoms. The van der Waals surface area contributed by atoms with Crippen molar-refractivity contribution in [3.63, 3.8) is 0 Å². The summed E-state index contributed by atoms with van der Waals surface area (Å²) in [6.07, 6.45) is 0.520. The van der Waals surface area contributed by atoms with Crippen molar-refractivity contribution < 1.29 is 22.6 Å². The van der Waals surface area contributed by atoms with Gasteiger partial charge in [-0.15, -0.1) is 13.2 Å². The summed E-state index contributed by atoms with van der Waals surface area (Å²) in [7, 11) is 0. The van der Waals surface area contributed by atoms with E-state index in [0.29, 0.717) is 5.75 Å². The van der Waals surface area contributed by atoms with E-state index in [9.17, 15) is 13.2 Å². The topological polar surface area (TPSA) is 60.6 Å². The van der Waals surface area contributed by atoms with Crippen LogP contribution in [-0.4, -0.2) is 43.7 Å². The van der Waals surface area contributed by atoms with E-state index in [2.05, 4.69) is 14.6 Å². The molecule has 1 aliphatic heterocycles. The lowest BCUT2D eigenvalue weighted by molar-refractivity contribution is -0.325. The van der Waals surface area contributed by atoms with Crippen molar-refractivity contribution in [2.75, 3.05) is 31.2 Å². The van der Waals surface area contributed by atoms with Crippen LogP contribution >= 0.6 is 0 Å². The minimum Gasteiger partial charge on any atom is -0.489 e. The van der Waals surface area contributed by atoms with Crippen molar-refractivity contribution in [3.8, 4) is 5.75 Å². The number of piperidine rings is 1. The number of anilines is 1. The lowest BCUT2D eigenvalue weighted by atomic mass is 10.1. The average Bonchev–Trinajstić information content (AvgIpc) is 2.43. The van der Waals surface area contributed by atoms with Crippen LogP contribution in [0.2, 0.25) is 0 Å². The van der Waals surface area contributed by atoms with Crippen molar-refractivity contribution >= 4 is 5.69 Å². The van der Waals surface area contributed by atoms with Gasteiger partial charge in [0.15, 0.2) is 0 Å². The molecule has 0 bridgehead atoms. The van der Waals surface area contributed by atoms with Crippen molar-refractivity contribution in [2.24, 2.45) is 5.73 Å². The number of alkyl halides is 3. The zero-order chi connectivity index (χ0) is 15.3. The number of rotatable bonds is 5. The number of hydrogen-bond donors (Lipinski definition) is 1. The summed E-state index contributed by atoms with van der Waals surface area (Å²) in [4.78, 5) is 6.14. The third kappa shape index (κ3) is 5.39. The number of aromatic nitrogens is 1. The van der Waals surface area contributed by atoms with Gasteiger partial charge in [-0.3, -0.25) is 9.72 Å². The fraction of sp³-hybridized carbons (Fsp3) is 0.615. The summed E-state index contributed by atoms with van der Waals surface area (Å²) in [5.41, 5.74) is 6.78. The second-order valence-corrected chi connectivity index (χ2v) is 4.87. The van der Waals surface area contributed by atoms with Gasteiger partial charge in [0.2, 0.25) is 0 Å². The normalized spacial score (nSPS) is 19.6. The van der Waals surface area contributed by atoms with Crippen LogP contribution in [-0.2, 0) is 4.74 Å². The van der Waals surface area contributed by atoms with Crippen LogP contribution in [0.3, 0.4) is 0 Å². The molecule has 5 nitrogen and oxygen atoms in total. The summed E-state index contributed by atoms with van der Waals surface area (Å²) in [5, 5.41) is 0. The standard InChI is InChI=1S/C13H18F3N3O2/c14-13(15,16)21-5-4-20-12-6-11(7-18-8-12)19-3-1-2-10(17)9-19/h6-8,10H,1-5,9,17H2. The molecule has 0 saturated carbocycles. The molecule has 21 heavy (non-hydrogen) atoms. The molecule has 1 fully saturated rings. The first-order valence-electron chi connectivity index (χ1n) is 6.73. The van der Waals surface area contributed by atoms with Crippen LogP contribution in [0.1, 0.15) is 12.8 Å². The summed E-state index contributed by atoms with van der Waals surface area (Å²) in [5.74, 6) is 0.414. The van der Waals surface area contributed by atoms with Gasteiger partial charge in [-0.1, -0.05) is 0 Å². The molecule has 2 rings (SSSR count). The number of nitrogens with two attached hydrogens (primary N) is 1. The number of halogens is 3. The molecule has 0 radical (unpaired) electrons. The smallest absolute Gasteiger partial charge is 0.489 e. The highest BCUT2D eigenvalue weighted by molar-refractivity contribution is 5.48. The van der Waals surface area contributed by atoms with Gasteiger partial charge in [-0.05, 0) is 12.8 Å². The third-order valence-corrected chi connectivity index (χ3v) is 3.14. The maximum absolute atomic E-state index is 11.8. The quantitative estimate of drug-likeness (QED) is 0.842. The van der Waals surface area contributed by atoms with Crippen LogP contribution in [0.5, 0.6) is 5.75 Å². The fourth-order valence-corrected chi connectivity index (χ4v) is 2.22. The van der Waals surface area contributed by atoms with Gasteiger partial charge < -0.3 is 15.4 Å². The Kier molecular flexibility index (Phi) is 5.24. The molecule has 1 saturated heterocycles.